The van der Waals surface area contributed by atoms with Gasteiger partial charge < -0.3 is 5.11 Å². The molecule has 11 heavy (non-hydrogen) atoms. The molecule has 1 rings (SSSR count). The van der Waals surface area contributed by atoms with Gasteiger partial charge in [0.15, 0.2) is 0 Å². The molecule has 1 aromatic rings. The minimum absolute atomic E-state index is 0.375. The van der Waals surface area contributed by atoms with Crippen molar-refractivity contribution in [1.29, 1.82) is 0 Å². The van der Waals surface area contributed by atoms with Crippen molar-refractivity contribution in [3.8, 4) is 0 Å². The van der Waals surface area contributed by atoms with E-state index in [1.807, 2.05) is 0 Å². The van der Waals surface area contributed by atoms with Gasteiger partial charge in [-0.2, -0.15) is 0 Å². The van der Waals surface area contributed by atoms with E-state index in [-0.39, 0.29) is 6.10 Å². The van der Waals surface area contributed by atoms with E-state index in [4.69, 9.17) is 0 Å². The molecule has 1 atom stereocenters. The van der Waals surface area contributed by atoms with Crippen LogP contribution >= 0.6 is 11.3 Å². The standard InChI is InChI=1S/C8H13NOS/c1-5(2)8-9-4-7(11-8)6(3)10/h4-6,10H,1-3H3/t6-/m1/s1. The molecule has 0 unspecified atom stereocenters. The number of aromatic nitrogens is 1. The molecule has 0 aromatic carbocycles. The van der Waals surface area contributed by atoms with Crippen LogP contribution in [0.4, 0.5) is 0 Å². The first-order chi connectivity index (χ1) is 5.11. The van der Waals surface area contributed by atoms with E-state index >= 15 is 0 Å². The summed E-state index contributed by atoms with van der Waals surface area (Å²) in [5.74, 6) is 0.465. The van der Waals surface area contributed by atoms with Gasteiger partial charge in [0, 0.05) is 12.1 Å². The highest BCUT2D eigenvalue weighted by Crippen LogP contribution is 2.25. The Labute approximate surface area is 70.9 Å². The Kier molecular flexibility index (Phi) is 2.62. The summed E-state index contributed by atoms with van der Waals surface area (Å²) in [6, 6.07) is 0. The topological polar surface area (TPSA) is 33.1 Å². The smallest absolute Gasteiger partial charge is 0.0954 e. The second-order valence-corrected chi connectivity index (χ2v) is 4.03. The quantitative estimate of drug-likeness (QED) is 0.740. The van der Waals surface area contributed by atoms with E-state index in [1.54, 1.807) is 24.5 Å². The zero-order valence-electron chi connectivity index (χ0n) is 7.03. The van der Waals surface area contributed by atoms with Crippen LogP contribution in [-0.4, -0.2) is 10.1 Å². The van der Waals surface area contributed by atoms with Crippen molar-refractivity contribution in [2.24, 2.45) is 0 Å². The molecule has 2 nitrogen and oxygen atoms in total. The lowest BCUT2D eigenvalue weighted by Gasteiger charge is -1.97. The third-order valence-corrected chi connectivity index (χ3v) is 2.92. The van der Waals surface area contributed by atoms with Gasteiger partial charge >= 0.3 is 0 Å². The number of nitrogens with zero attached hydrogens (tertiary/aromatic N) is 1. The number of hydrogen-bond acceptors (Lipinski definition) is 3. The fourth-order valence-electron chi connectivity index (χ4n) is 0.761. The Morgan fingerprint density at radius 1 is 1.45 bits per heavy atom. The van der Waals surface area contributed by atoms with Gasteiger partial charge in [-0.25, -0.2) is 4.98 Å². The number of aliphatic hydroxyl groups excluding tert-OH is 1. The van der Waals surface area contributed by atoms with Crippen LogP contribution < -0.4 is 0 Å². The monoisotopic (exact) mass is 171 g/mol. The molecule has 0 saturated heterocycles. The molecule has 0 saturated carbocycles. The molecule has 0 fully saturated rings. The highest BCUT2D eigenvalue weighted by Gasteiger charge is 2.08. The molecule has 0 radical (unpaired) electrons. The van der Waals surface area contributed by atoms with Gasteiger partial charge in [0.25, 0.3) is 0 Å². The van der Waals surface area contributed by atoms with Crippen LogP contribution in [0.1, 0.15) is 42.7 Å². The maximum Gasteiger partial charge on any atom is 0.0954 e. The summed E-state index contributed by atoms with van der Waals surface area (Å²) in [4.78, 5) is 5.15. The molecular formula is C8H13NOS. The summed E-state index contributed by atoms with van der Waals surface area (Å²) in [6.07, 6.45) is 1.38. The van der Waals surface area contributed by atoms with Crippen LogP contribution in [0.25, 0.3) is 0 Å². The lowest BCUT2D eigenvalue weighted by atomic mass is 10.2. The van der Waals surface area contributed by atoms with Crippen LogP contribution in [0.5, 0.6) is 0 Å². The van der Waals surface area contributed by atoms with E-state index in [2.05, 4.69) is 18.8 Å². The van der Waals surface area contributed by atoms with Gasteiger partial charge in [-0.3, -0.25) is 0 Å². The lowest BCUT2D eigenvalue weighted by molar-refractivity contribution is 0.203. The lowest BCUT2D eigenvalue weighted by Crippen LogP contribution is -1.83. The molecule has 0 aliphatic carbocycles. The fraction of sp³-hybridized carbons (Fsp3) is 0.625. The number of thiazole rings is 1. The van der Waals surface area contributed by atoms with Gasteiger partial charge in [-0.05, 0) is 6.92 Å². The third kappa shape index (κ3) is 2.01. The summed E-state index contributed by atoms with van der Waals surface area (Å²) in [5, 5.41) is 10.3. The summed E-state index contributed by atoms with van der Waals surface area (Å²) in [5.41, 5.74) is 0. The number of rotatable bonds is 2. The van der Waals surface area contributed by atoms with Crippen molar-refractivity contribution in [1.82, 2.24) is 4.98 Å². The van der Waals surface area contributed by atoms with Gasteiger partial charge in [0.1, 0.15) is 0 Å². The second-order valence-electron chi connectivity index (χ2n) is 2.93. The van der Waals surface area contributed by atoms with E-state index in [9.17, 15) is 5.11 Å². The Bertz CT molecular complexity index is 207. The van der Waals surface area contributed by atoms with Crippen molar-refractivity contribution in [2.45, 2.75) is 32.8 Å². The molecule has 0 bridgehead atoms. The fourth-order valence-corrected chi connectivity index (χ4v) is 1.62. The largest absolute Gasteiger partial charge is 0.388 e. The van der Waals surface area contributed by atoms with E-state index in [0.717, 1.165) is 9.88 Å². The molecule has 0 aliphatic heterocycles. The van der Waals surface area contributed by atoms with Gasteiger partial charge in [-0.15, -0.1) is 11.3 Å². The number of hydrogen-bond donors (Lipinski definition) is 1. The van der Waals surface area contributed by atoms with Crippen molar-refractivity contribution < 1.29 is 5.11 Å². The third-order valence-electron chi connectivity index (χ3n) is 1.45. The number of aliphatic hydroxyl groups is 1. The highest BCUT2D eigenvalue weighted by atomic mass is 32.1. The Balaban J connectivity index is 2.82. The van der Waals surface area contributed by atoms with Crippen LogP contribution in [0.3, 0.4) is 0 Å². The predicted molar refractivity (Wildman–Crippen MR) is 46.8 cm³/mol. The Morgan fingerprint density at radius 3 is 2.36 bits per heavy atom. The van der Waals surface area contributed by atoms with Crippen LogP contribution in [0, 0.1) is 0 Å². The highest BCUT2D eigenvalue weighted by molar-refractivity contribution is 7.11. The summed E-state index contributed by atoms with van der Waals surface area (Å²) in [7, 11) is 0. The van der Waals surface area contributed by atoms with Gasteiger partial charge in [0.05, 0.1) is 16.0 Å². The molecule has 62 valence electrons. The Morgan fingerprint density at radius 2 is 2.09 bits per heavy atom. The van der Waals surface area contributed by atoms with Crippen molar-refractivity contribution >= 4 is 11.3 Å². The Hall–Kier alpha value is -0.410. The molecule has 1 N–H and O–H groups in total. The molecular weight excluding hydrogens is 158 g/mol. The molecule has 0 spiro atoms. The SMILES string of the molecule is CC(C)c1ncc([C@@H](C)O)s1. The maximum absolute atomic E-state index is 9.19. The first-order valence-electron chi connectivity index (χ1n) is 3.75. The molecule has 0 amide bonds. The maximum atomic E-state index is 9.19. The average Bonchev–Trinajstić information content (AvgIpc) is 2.33. The van der Waals surface area contributed by atoms with Gasteiger partial charge in [-0.1, -0.05) is 13.8 Å². The normalized spacial score (nSPS) is 13.9. The van der Waals surface area contributed by atoms with Gasteiger partial charge in [0.2, 0.25) is 0 Å². The predicted octanol–water partition coefficient (Wildman–Crippen LogP) is 2.32. The van der Waals surface area contributed by atoms with E-state index < -0.39 is 0 Å². The van der Waals surface area contributed by atoms with E-state index in [1.165, 1.54) is 0 Å². The minimum atomic E-state index is -0.375. The molecule has 3 heteroatoms. The summed E-state index contributed by atoms with van der Waals surface area (Å²) < 4.78 is 0. The molecule has 1 heterocycles. The van der Waals surface area contributed by atoms with E-state index in [0.29, 0.717) is 5.92 Å². The average molecular weight is 171 g/mol. The second kappa shape index (κ2) is 3.32. The molecule has 1 aromatic heterocycles. The first-order valence-corrected chi connectivity index (χ1v) is 4.56. The van der Waals surface area contributed by atoms with Crippen molar-refractivity contribution in [3.05, 3.63) is 16.1 Å². The zero-order valence-corrected chi connectivity index (χ0v) is 7.85. The first kappa shape index (κ1) is 8.68. The summed E-state index contributed by atoms with van der Waals surface area (Å²) in [6.45, 7) is 5.97. The van der Waals surface area contributed by atoms with Crippen molar-refractivity contribution in [2.75, 3.05) is 0 Å². The van der Waals surface area contributed by atoms with Crippen LogP contribution in [0.2, 0.25) is 0 Å². The zero-order chi connectivity index (χ0) is 8.43. The minimum Gasteiger partial charge on any atom is -0.388 e. The summed E-state index contributed by atoms with van der Waals surface area (Å²) >= 11 is 1.59. The van der Waals surface area contributed by atoms with Crippen molar-refractivity contribution in [3.63, 3.8) is 0 Å². The van der Waals surface area contributed by atoms with Crippen LogP contribution in [-0.2, 0) is 0 Å². The van der Waals surface area contributed by atoms with Crippen LogP contribution in [0.15, 0.2) is 6.20 Å². The molecule has 0 aliphatic rings.